The van der Waals surface area contributed by atoms with Crippen molar-refractivity contribution in [3.63, 3.8) is 0 Å². The Bertz CT molecular complexity index is 344. The number of rotatable bonds is 8. The minimum atomic E-state index is 0.374. The second-order valence-corrected chi connectivity index (χ2v) is 6.17. The van der Waals surface area contributed by atoms with Crippen molar-refractivity contribution < 1.29 is 14.2 Å². The zero-order valence-corrected chi connectivity index (χ0v) is 14.1. The lowest BCUT2D eigenvalue weighted by atomic mass is 9.87. The number of hydrogen-bond acceptors (Lipinski definition) is 4. The van der Waals surface area contributed by atoms with E-state index in [4.69, 9.17) is 19.2 Å². The van der Waals surface area contributed by atoms with E-state index >= 15 is 0 Å². The molecule has 2 heterocycles. The minimum absolute atomic E-state index is 0.374. The van der Waals surface area contributed by atoms with Crippen LogP contribution in [-0.2, 0) is 14.2 Å². The molecule has 0 aromatic carbocycles. The van der Waals surface area contributed by atoms with Gasteiger partial charge in [0.05, 0.1) is 19.8 Å². The number of guanidine groups is 1. The van der Waals surface area contributed by atoms with E-state index in [1.165, 1.54) is 12.8 Å². The van der Waals surface area contributed by atoms with Crippen molar-refractivity contribution in [3.8, 4) is 0 Å². The Labute approximate surface area is 134 Å². The summed E-state index contributed by atoms with van der Waals surface area (Å²) < 4.78 is 16.0. The molecule has 1 unspecified atom stereocenters. The Hall–Kier alpha value is -0.850. The second-order valence-electron chi connectivity index (χ2n) is 6.17. The third-order valence-corrected chi connectivity index (χ3v) is 4.40. The van der Waals surface area contributed by atoms with Crippen LogP contribution in [0.4, 0.5) is 0 Å². The maximum Gasteiger partial charge on any atom is 0.193 e. The van der Waals surface area contributed by atoms with Gasteiger partial charge in [-0.3, -0.25) is 4.99 Å². The summed E-state index contributed by atoms with van der Waals surface area (Å²) in [6.07, 6.45) is 3.36. The Morgan fingerprint density at radius 3 is 2.95 bits per heavy atom. The first-order valence-corrected chi connectivity index (χ1v) is 8.47. The zero-order chi connectivity index (χ0) is 15.7. The number of nitrogens with zero attached hydrogens (tertiary/aromatic N) is 2. The third-order valence-electron chi connectivity index (χ3n) is 4.40. The fourth-order valence-corrected chi connectivity index (χ4v) is 3.11. The molecule has 0 aromatic rings. The highest BCUT2D eigenvalue weighted by Gasteiger charge is 2.42. The SMILES string of the molecule is CCNC(=NCCCOCCOC)N1CCC2(CCOC2)C1. The van der Waals surface area contributed by atoms with Crippen LogP contribution < -0.4 is 5.32 Å². The number of ether oxygens (including phenoxy) is 3. The van der Waals surface area contributed by atoms with Gasteiger partial charge in [0.2, 0.25) is 0 Å². The van der Waals surface area contributed by atoms with Gasteiger partial charge in [-0.1, -0.05) is 0 Å². The number of hydrogen-bond donors (Lipinski definition) is 1. The van der Waals surface area contributed by atoms with Gasteiger partial charge >= 0.3 is 0 Å². The standard InChI is InChI=1S/C16H31N3O3/c1-3-17-15(18-7-4-9-21-12-11-20-2)19-8-5-16(13-19)6-10-22-14-16/h3-14H2,1-2H3,(H,17,18). The molecule has 2 rings (SSSR count). The Kier molecular flexibility index (Phi) is 7.42. The summed E-state index contributed by atoms with van der Waals surface area (Å²) in [5.41, 5.74) is 0.374. The van der Waals surface area contributed by atoms with Crippen molar-refractivity contribution in [2.75, 3.05) is 66.3 Å². The first kappa shape index (κ1) is 17.5. The van der Waals surface area contributed by atoms with Crippen LogP contribution in [0.2, 0.25) is 0 Å². The molecule has 2 aliphatic rings. The van der Waals surface area contributed by atoms with Gasteiger partial charge in [0.1, 0.15) is 0 Å². The van der Waals surface area contributed by atoms with E-state index in [9.17, 15) is 0 Å². The van der Waals surface area contributed by atoms with Gasteiger partial charge in [-0.15, -0.1) is 0 Å². The van der Waals surface area contributed by atoms with Gasteiger partial charge in [-0.2, -0.15) is 0 Å². The topological polar surface area (TPSA) is 55.3 Å². The molecule has 6 nitrogen and oxygen atoms in total. The molecule has 22 heavy (non-hydrogen) atoms. The first-order valence-electron chi connectivity index (χ1n) is 8.47. The smallest absolute Gasteiger partial charge is 0.193 e. The summed E-state index contributed by atoms with van der Waals surface area (Å²) in [6, 6.07) is 0. The first-order chi connectivity index (χ1) is 10.8. The maximum absolute atomic E-state index is 5.60. The summed E-state index contributed by atoms with van der Waals surface area (Å²) in [7, 11) is 1.69. The summed E-state index contributed by atoms with van der Waals surface area (Å²) in [6.45, 7) is 9.87. The molecule has 0 saturated carbocycles. The fourth-order valence-electron chi connectivity index (χ4n) is 3.11. The van der Waals surface area contributed by atoms with E-state index in [2.05, 4.69) is 17.1 Å². The summed E-state index contributed by atoms with van der Waals surface area (Å²) in [5, 5.41) is 3.42. The zero-order valence-electron chi connectivity index (χ0n) is 14.1. The van der Waals surface area contributed by atoms with Crippen molar-refractivity contribution in [3.05, 3.63) is 0 Å². The van der Waals surface area contributed by atoms with Gasteiger partial charge in [0.15, 0.2) is 5.96 Å². The number of likely N-dealkylation sites (tertiary alicyclic amines) is 1. The van der Waals surface area contributed by atoms with Crippen molar-refractivity contribution in [2.24, 2.45) is 10.4 Å². The van der Waals surface area contributed by atoms with Crippen LogP contribution in [-0.4, -0.2) is 77.2 Å². The normalized spacial score (nSPS) is 25.4. The lowest BCUT2D eigenvalue weighted by Crippen LogP contribution is -2.41. The van der Waals surface area contributed by atoms with Crippen LogP contribution in [0, 0.1) is 5.41 Å². The number of nitrogens with one attached hydrogen (secondary N) is 1. The molecule has 0 amide bonds. The summed E-state index contributed by atoms with van der Waals surface area (Å²) in [5.74, 6) is 1.04. The predicted octanol–water partition coefficient (Wildman–Crippen LogP) is 1.12. The highest BCUT2D eigenvalue weighted by molar-refractivity contribution is 5.80. The van der Waals surface area contributed by atoms with E-state index in [0.717, 1.165) is 58.4 Å². The number of aliphatic imine (C=N–C) groups is 1. The Morgan fingerprint density at radius 1 is 1.32 bits per heavy atom. The minimum Gasteiger partial charge on any atom is -0.382 e. The van der Waals surface area contributed by atoms with Crippen molar-refractivity contribution in [2.45, 2.75) is 26.2 Å². The molecular formula is C16H31N3O3. The average molecular weight is 313 g/mol. The number of methoxy groups -OCH3 is 1. The lowest BCUT2D eigenvalue weighted by Gasteiger charge is -2.25. The van der Waals surface area contributed by atoms with Gasteiger partial charge in [-0.25, -0.2) is 0 Å². The van der Waals surface area contributed by atoms with Gasteiger partial charge in [-0.05, 0) is 26.2 Å². The quantitative estimate of drug-likeness (QED) is 0.413. The molecule has 2 aliphatic heterocycles. The highest BCUT2D eigenvalue weighted by atomic mass is 16.5. The van der Waals surface area contributed by atoms with Crippen LogP contribution in [0.25, 0.3) is 0 Å². The van der Waals surface area contributed by atoms with Crippen LogP contribution >= 0.6 is 0 Å². The van der Waals surface area contributed by atoms with Crippen LogP contribution in [0.5, 0.6) is 0 Å². The molecular weight excluding hydrogens is 282 g/mol. The third kappa shape index (κ3) is 5.11. The molecule has 0 radical (unpaired) electrons. The highest BCUT2D eigenvalue weighted by Crippen LogP contribution is 2.38. The van der Waals surface area contributed by atoms with Gasteiger partial charge in [0, 0.05) is 51.9 Å². The van der Waals surface area contributed by atoms with Crippen molar-refractivity contribution in [1.82, 2.24) is 10.2 Å². The van der Waals surface area contributed by atoms with Crippen LogP contribution in [0.1, 0.15) is 26.2 Å². The van der Waals surface area contributed by atoms with Crippen molar-refractivity contribution in [1.29, 1.82) is 0 Å². The van der Waals surface area contributed by atoms with E-state index in [0.29, 0.717) is 18.6 Å². The van der Waals surface area contributed by atoms with Crippen LogP contribution in [0.15, 0.2) is 4.99 Å². The predicted molar refractivity (Wildman–Crippen MR) is 87.3 cm³/mol. The molecule has 2 fully saturated rings. The van der Waals surface area contributed by atoms with E-state index in [-0.39, 0.29) is 0 Å². The molecule has 0 aromatic heterocycles. The molecule has 1 N–H and O–H groups in total. The lowest BCUT2D eigenvalue weighted by molar-refractivity contribution is 0.0702. The van der Waals surface area contributed by atoms with Crippen molar-refractivity contribution >= 4 is 5.96 Å². The van der Waals surface area contributed by atoms with E-state index < -0.39 is 0 Å². The molecule has 0 bridgehead atoms. The molecule has 1 spiro atoms. The largest absolute Gasteiger partial charge is 0.382 e. The molecule has 0 aliphatic carbocycles. The Balaban J connectivity index is 1.73. The van der Waals surface area contributed by atoms with Gasteiger partial charge in [0.25, 0.3) is 0 Å². The van der Waals surface area contributed by atoms with E-state index in [1.807, 2.05) is 0 Å². The van der Waals surface area contributed by atoms with Crippen LogP contribution in [0.3, 0.4) is 0 Å². The van der Waals surface area contributed by atoms with Gasteiger partial charge < -0.3 is 24.4 Å². The average Bonchev–Trinajstić information content (AvgIpc) is 3.16. The molecule has 2 saturated heterocycles. The Morgan fingerprint density at radius 2 is 2.23 bits per heavy atom. The summed E-state index contributed by atoms with van der Waals surface area (Å²) in [4.78, 5) is 7.14. The molecule has 128 valence electrons. The van der Waals surface area contributed by atoms with E-state index in [1.54, 1.807) is 7.11 Å². The second kappa shape index (κ2) is 9.33. The monoisotopic (exact) mass is 313 g/mol. The molecule has 6 heteroatoms. The summed E-state index contributed by atoms with van der Waals surface area (Å²) >= 11 is 0. The molecule has 1 atom stereocenters. The maximum atomic E-state index is 5.60. The fraction of sp³-hybridized carbons (Fsp3) is 0.938.